The molecule has 9 heteroatoms. The molecule has 0 bridgehead atoms. The summed E-state index contributed by atoms with van der Waals surface area (Å²) >= 11 is 0. The molecule has 0 saturated heterocycles. The monoisotopic (exact) mass is 475 g/mol. The Labute approximate surface area is 193 Å². The highest BCUT2D eigenvalue weighted by Crippen LogP contribution is 2.20. The van der Waals surface area contributed by atoms with Crippen molar-refractivity contribution in [3.05, 3.63) is 12.2 Å². The highest BCUT2D eigenvalue weighted by Gasteiger charge is 2.43. The molecular weight excluding hydrogens is 432 g/mol. The molecule has 0 aromatic rings. The van der Waals surface area contributed by atoms with Crippen LogP contribution in [0.25, 0.3) is 0 Å². The molecule has 2 unspecified atom stereocenters. The van der Waals surface area contributed by atoms with E-state index in [9.17, 15) is 23.4 Å². The van der Waals surface area contributed by atoms with E-state index in [-0.39, 0.29) is 30.0 Å². The summed E-state index contributed by atoms with van der Waals surface area (Å²) in [5.41, 5.74) is 0. The summed E-state index contributed by atoms with van der Waals surface area (Å²) in [6.45, 7) is 2.88. The number of Topliss-reactive ketones (excluding diaryl/α,β-unsaturated/α-hetero) is 1. The van der Waals surface area contributed by atoms with Crippen molar-refractivity contribution in [3.8, 4) is 0 Å². The molecule has 1 aliphatic heterocycles. The van der Waals surface area contributed by atoms with Crippen LogP contribution < -0.4 is 0 Å². The van der Waals surface area contributed by atoms with Crippen molar-refractivity contribution in [2.75, 3.05) is 38.5 Å². The molecule has 32 heavy (non-hydrogen) atoms. The van der Waals surface area contributed by atoms with Crippen LogP contribution in [0.4, 0.5) is 0 Å². The maximum Gasteiger partial charge on any atom is 0.267 e. The maximum absolute atomic E-state index is 12.8. The van der Waals surface area contributed by atoms with E-state index in [0.29, 0.717) is 25.3 Å². The van der Waals surface area contributed by atoms with Crippen molar-refractivity contribution in [2.45, 2.75) is 83.7 Å². The van der Waals surface area contributed by atoms with Gasteiger partial charge in [-0.3, -0.25) is 13.8 Å². The average molecular weight is 476 g/mol. The summed E-state index contributed by atoms with van der Waals surface area (Å²) < 4.78 is 31.1. The second-order valence-corrected chi connectivity index (χ2v) is 10.3. The third-order valence-electron chi connectivity index (χ3n) is 5.91. The van der Waals surface area contributed by atoms with Gasteiger partial charge in [0.2, 0.25) is 5.78 Å². The first-order valence-corrected chi connectivity index (χ1v) is 13.7. The van der Waals surface area contributed by atoms with Gasteiger partial charge in [-0.15, -0.1) is 0 Å². The van der Waals surface area contributed by atoms with E-state index in [4.69, 9.17) is 4.55 Å². The Balaban J connectivity index is 2.35. The van der Waals surface area contributed by atoms with Crippen molar-refractivity contribution in [1.29, 1.82) is 0 Å². The molecule has 2 atom stereocenters. The van der Waals surface area contributed by atoms with Crippen molar-refractivity contribution in [3.63, 3.8) is 0 Å². The predicted octanol–water partition coefficient (Wildman–Crippen LogP) is 2.89. The van der Waals surface area contributed by atoms with E-state index in [1.54, 1.807) is 0 Å². The Hall–Kier alpha value is -1.13. The average Bonchev–Trinajstić information content (AvgIpc) is 3.10. The van der Waals surface area contributed by atoms with E-state index in [0.717, 1.165) is 25.7 Å². The zero-order valence-corrected chi connectivity index (χ0v) is 20.4. The van der Waals surface area contributed by atoms with Crippen molar-refractivity contribution >= 4 is 21.7 Å². The molecular formula is C23H43N2O6S+. The summed E-state index contributed by atoms with van der Waals surface area (Å²) in [5.74, 6) is -0.587. The van der Waals surface area contributed by atoms with Gasteiger partial charge in [0.15, 0.2) is 0 Å². The minimum absolute atomic E-state index is 0.0283. The van der Waals surface area contributed by atoms with E-state index >= 15 is 0 Å². The van der Waals surface area contributed by atoms with Gasteiger partial charge in [-0.05, 0) is 25.7 Å². The number of ketones is 1. The SMILES string of the molecule is CC/C=C/CCCCCCCCCCC(=O)C1=NCC[N+]1(CCO)CC(O)CS(=O)(=O)O. The molecule has 1 heterocycles. The maximum atomic E-state index is 12.8. The van der Waals surface area contributed by atoms with Gasteiger partial charge in [-0.25, -0.2) is 4.99 Å². The smallest absolute Gasteiger partial charge is 0.267 e. The number of hydrogen-bond acceptors (Lipinski definition) is 6. The number of quaternary nitrogens is 1. The van der Waals surface area contributed by atoms with Crippen LogP contribution in [0.3, 0.4) is 0 Å². The number of nitrogens with zero attached hydrogens (tertiary/aromatic N) is 2. The fourth-order valence-electron chi connectivity index (χ4n) is 4.34. The zero-order valence-electron chi connectivity index (χ0n) is 19.6. The van der Waals surface area contributed by atoms with Crippen LogP contribution in [0.1, 0.15) is 77.6 Å². The molecule has 1 rings (SSSR count). The lowest BCUT2D eigenvalue weighted by Gasteiger charge is -2.34. The molecule has 3 N–H and O–H groups in total. The Bertz CT molecular complexity index is 707. The van der Waals surface area contributed by atoms with E-state index in [1.807, 2.05) is 0 Å². The minimum Gasteiger partial charge on any atom is -0.390 e. The van der Waals surface area contributed by atoms with E-state index in [2.05, 4.69) is 24.1 Å². The summed E-state index contributed by atoms with van der Waals surface area (Å²) in [6.07, 6.45) is 14.8. The van der Waals surface area contributed by atoms with Gasteiger partial charge in [0, 0.05) is 6.42 Å². The van der Waals surface area contributed by atoms with Gasteiger partial charge in [-0.2, -0.15) is 8.42 Å². The van der Waals surface area contributed by atoms with E-state index < -0.39 is 22.0 Å². The molecule has 0 aliphatic carbocycles. The zero-order chi connectivity index (χ0) is 23.9. The number of aliphatic imine (C=N–C) groups is 1. The highest BCUT2D eigenvalue weighted by atomic mass is 32.2. The largest absolute Gasteiger partial charge is 0.390 e. The lowest BCUT2D eigenvalue weighted by molar-refractivity contribution is -0.837. The number of amidine groups is 1. The fourth-order valence-corrected chi connectivity index (χ4v) is 4.93. The molecule has 0 aromatic carbocycles. The van der Waals surface area contributed by atoms with Gasteiger partial charge < -0.3 is 10.2 Å². The number of unbranched alkanes of at least 4 members (excludes halogenated alkanes) is 8. The summed E-state index contributed by atoms with van der Waals surface area (Å²) in [4.78, 5) is 17.1. The first kappa shape index (κ1) is 28.9. The molecule has 0 amide bonds. The van der Waals surface area contributed by atoms with Crippen molar-refractivity contribution in [1.82, 2.24) is 0 Å². The molecule has 0 radical (unpaired) electrons. The molecule has 186 valence electrons. The fraction of sp³-hybridized carbons (Fsp3) is 0.826. The normalized spacial score (nSPS) is 20.1. The molecule has 0 saturated carbocycles. The second-order valence-electron chi connectivity index (χ2n) is 8.78. The Morgan fingerprint density at radius 3 is 2.31 bits per heavy atom. The first-order valence-electron chi connectivity index (χ1n) is 12.1. The number of carbonyl (C=O) groups is 1. The Morgan fingerprint density at radius 2 is 1.72 bits per heavy atom. The topological polar surface area (TPSA) is 124 Å². The first-order chi connectivity index (χ1) is 15.2. The van der Waals surface area contributed by atoms with Crippen LogP contribution in [-0.2, 0) is 14.9 Å². The van der Waals surface area contributed by atoms with Crippen LogP contribution >= 0.6 is 0 Å². The number of rotatable bonds is 19. The van der Waals surface area contributed by atoms with Crippen LogP contribution in [0.2, 0.25) is 0 Å². The van der Waals surface area contributed by atoms with Crippen LogP contribution in [0.15, 0.2) is 17.1 Å². The van der Waals surface area contributed by atoms with Gasteiger partial charge in [-0.1, -0.05) is 57.6 Å². The van der Waals surface area contributed by atoms with Crippen molar-refractivity contribution in [2.24, 2.45) is 4.99 Å². The summed E-state index contributed by atoms with van der Waals surface area (Å²) in [5, 5.41) is 19.6. The number of hydrogen-bond donors (Lipinski definition) is 3. The number of carbonyl (C=O) groups excluding carboxylic acids is 1. The van der Waals surface area contributed by atoms with E-state index in [1.165, 1.54) is 38.5 Å². The molecule has 0 fully saturated rings. The lowest BCUT2D eigenvalue weighted by atomic mass is 10.0. The minimum atomic E-state index is -4.33. The van der Waals surface area contributed by atoms with Gasteiger partial charge >= 0.3 is 0 Å². The molecule has 1 aliphatic rings. The molecule has 8 nitrogen and oxygen atoms in total. The van der Waals surface area contributed by atoms with Crippen LogP contribution in [0, 0.1) is 0 Å². The third-order valence-corrected chi connectivity index (χ3v) is 6.71. The summed E-state index contributed by atoms with van der Waals surface area (Å²) in [6, 6.07) is 0. The predicted molar refractivity (Wildman–Crippen MR) is 127 cm³/mol. The standard InChI is InChI=1S/C23H42N2O6S/c1-2-3-4-5-6-7-8-9-10-11-12-13-14-22(28)23-24-15-16-25(23,17-18-26)19-21(27)20-32(29,30)31/h3-4,21,26-27H,2,5-20H2,1H3/p+1/b4-3+. The van der Waals surface area contributed by atoms with Crippen molar-refractivity contribution < 1.29 is 32.5 Å². The lowest BCUT2D eigenvalue weighted by Crippen LogP contribution is -2.59. The van der Waals surface area contributed by atoms with Gasteiger partial charge in [0.1, 0.15) is 31.5 Å². The van der Waals surface area contributed by atoms with Gasteiger partial charge in [0.05, 0.1) is 13.2 Å². The Kier molecular flexibility index (Phi) is 14.1. The highest BCUT2D eigenvalue weighted by molar-refractivity contribution is 7.85. The number of allylic oxidation sites excluding steroid dienone is 2. The third kappa shape index (κ3) is 11.7. The van der Waals surface area contributed by atoms with Crippen LogP contribution in [-0.4, -0.2) is 83.9 Å². The molecule has 0 aromatic heterocycles. The number of aliphatic hydroxyl groups excluding tert-OH is 2. The Morgan fingerprint density at radius 1 is 1.09 bits per heavy atom. The second kappa shape index (κ2) is 15.7. The van der Waals surface area contributed by atoms with Gasteiger partial charge in [0.25, 0.3) is 16.0 Å². The summed E-state index contributed by atoms with van der Waals surface area (Å²) in [7, 11) is -4.33. The quantitative estimate of drug-likeness (QED) is 0.114. The molecule has 0 spiro atoms. The number of aliphatic hydroxyl groups is 2. The van der Waals surface area contributed by atoms with Crippen LogP contribution in [0.5, 0.6) is 0 Å².